The molecule has 3 heterocycles. The van der Waals surface area contributed by atoms with Gasteiger partial charge in [-0.15, -0.1) is 0 Å². The summed E-state index contributed by atoms with van der Waals surface area (Å²) in [4.78, 5) is 20.1. The van der Waals surface area contributed by atoms with E-state index in [1.165, 1.54) is 16.9 Å². The van der Waals surface area contributed by atoms with Crippen molar-refractivity contribution in [3.05, 3.63) is 46.8 Å². The van der Waals surface area contributed by atoms with Gasteiger partial charge in [0.05, 0.1) is 23.3 Å². The lowest BCUT2D eigenvalue weighted by Gasteiger charge is -2.15. The van der Waals surface area contributed by atoms with Gasteiger partial charge in [0.25, 0.3) is 17.9 Å². The van der Waals surface area contributed by atoms with Gasteiger partial charge in [0, 0.05) is 25.4 Å². The van der Waals surface area contributed by atoms with Crippen molar-refractivity contribution in [3.8, 4) is 29.0 Å². The molecule has 0 aliphatic carbocycles. The Morgan fingerprint density at radius 1 is 1.19 bits per heavy atom. The fraction of sp³-hybridized carbons (Fsp3) is 0.294. The Labute approximate surface area is 169 Å². The standard InChI is InChI=1S/C17H13F6N5O3/c1-27-12(2-3-25-27)11-5-14(29)28(16(26-11)30-7-13(19)20)9-4-10(18)15(24-6-9)31-8-17(21,22)23/h2-6,13H,7-8H2,1H3. The zero-order chi connectivity index (χ0) is 22.8. The van der Waals surface area contributed by atoms with Gasteiger partial charge in [0.15, 0.2) is 19.0 Å². The van der Waals surface area contributed by atoms with E-state index in [1.54, 1.807) is 7.05 Å². The fourth-order valence-electron chi connectivity index (χ4n) is 2.48. The van der Waals surface area contributed by atoms with E-state index in [-0.39, 0.29) is 11.4 Å². The Hall–Kier alpha value is -3.58. The minimum absolute atomic E-state index is 0.0454. The van der Waals surface area contributed by atoms with Crippen LogP contribution in [0.15, 0.2) is 35.4 Å². The fourth-order valence-corrected chi connectivity index (χ4v) is 2.48. The molecule has 0 spiro atoms. The molecule has 0 bridgehead atoms. The second-order valence-corrected chi connectivity index (χ2v) is 6.02. The lowest BCUT2D eigenvalue weighted by molar-refractivity contribution is -0.154. The number of hydrogen-bond donors (Lipinski definition) is 0. The van der Waals surface area contributed by atoms with Crippen molar-refractivity contribution in [2.75, 3.05) is 13.2 Å². The molecule has 3 aromatic rings. The molecule has 31 heavy (non-hydrogen) atoms. The summed E-state index contributed by atoms with van der Waals surface area (Å²) in [7, 11) is 1.56. The monoisotopic (exact) mass is 449 g/mol. The summed E-state index contributed by atoms with van der Waals surface area (Å²) in [5.74, 6) is -2.27. The maximum absolute atomic E-state index is 14.2. The molecule has 14 heteroatoms. The highest BCUT2D eigenvalue weighted by Crippen LogP contribution is 2.24. The topological polar surface area (TPSA) is 84.1 Å². The molecule has 0 aliphatic heterocycles. The average molecular weight is 449 g/mol. The SMILES string of the molecule is Cn1nccc1-c1cc(=O)n(-c2cnc(OCC(F)(F)F)c(F)c2)c(OCC(F)F)n1. The summed E-state index contributed by atoms with van der Waals surface area (Å²) in [6.45, 7) is -2.90. The van der Waals surface area contributed by atoms with Gasteiger partial charge in [-0.2, -0.15) is 23.3 Å². The van der Waals surface area contributed by atoms with Crippen LogP contribution in [0.1, 0.15) is 0 Å². The minimum atomic E-state index is -4.72. The number of hydrogen-bond acceptors (Lipinski definition) is 6. The molecule has 0 saturated heterocycles. The van der Waals surface area contributed by atoms with Crippen LogP contribution in [-0.4, -0.2) is 50.1 Å². The predicted octanol–water partition coefficient (Wildman–Crippen LogP) is 2.75. The average Bonchev–Trinajstić information content (AvgIpc) is 3.10. The van der Waals surface area contributed by atoms with Crippen molar-refractivity contribution in [2.24, 2.45) is 7.05 Å². The van der Waals surface area contributed by atoms with Crippen molar-refractivity contribution >= 4 is 0 Å². The molecule has 0 N–H and O–H groups in total. The van der Waals surface area contributed by atoms with Crippen LogP contribution in [0, 0.1) is 5.82 Å². The second kappa shape index (κ2) is 8.65. The normalized spacial score (nSPS) is 11.7. The van der Waals surface area contributed by atoms with Gasteiger partial charge < -0.3 is 9.47 Å². The molecule has 0 aliphatic rings. The molecule has 0 atom stereocenters. The van der Waals surface area contributed by atoms with E-state index in [9.17, 15) is 31.1 Å². The Morgan fingerprint density at radius 2 is 1.94 bits per heavy atom. The molecule has 0 amide bonds. The number of aryl methyl sites for hydroxylation is 1. The molecule has 3 aromatic heterocycles. The van der Waals surface area contributed by atoms with Crippen LogP contribution in [0.3, 0.4) is 0 Å². The first-order chi connectivity index (χ1) is 14.5. The summed E-state index contributed by atoms with van der Waals surface area (Å²) in [6.07, 6.45) is -5.39. The molecule has 0 fully saturated rings. The zero-order valence-electron chi connectivity index (χ0n) is 15.6. The van der Waals surface area contributed by atoms with Crippen molar-refractivity contribution in [1.82, 2.24) is 24.3 Å². The van der Waals surface area contributed by atoms with Gasteiger partial charge in [-0.25, -0.2) is 22.7 Å². The molecule has 3 rings (SSSR count). The van der Waals surface area contributed by atoms with Crippen LogP contribution in [0.4, 0.5) is 26.3 Å². The molecular weight excluding hydrogens is 436 g/mol. The van der Waals surface area contributed by atoms with Gasteiger partial charge in [-0.1, -0.05) is 0 Å². The summed E-state index contributed by atoms with van der Waals surface area (Å²) >= 11 is 0. The minimum Gasteiger partial charge on any atom is -0.466 e. The van der Waals surface area contributed by atoms with Crippen molar-refractivity contribution in [3.63, 3.8) is 0 Å². The summed E-state index contributed by atoms with van der Waals surface area (Å²) in [5, 5.41) is 3.92. The van der Waals surface area contributed by atoms with E-state index in [2.05, 4.69) is 19.8 Å². The number of halogens is 6. The van der Waals surface area contributed by atoms with Crippen LogP contribution in [0.2, 0.25) is 0 Å². The highest BCUT2D eigenvalue weighted by Gasteiger charge is 2.29. The Morgan fingerprint density at radius 3 is 2.52 bits per heavy atom. The molecule has 0 unspecified atom stereocenters. The lowest BCUT2D eigenvalue weighted by Crippen LogP contribution is -2.24. The van der Waals surface area contributed by atoms with E-state index >= 15 is 0 Å². The van der Waals surface area contributed by atoms with Crippen LogP contribution in [-0.2, 0) is 7.05 Å². The van der Waals surface area contributed by atoms with E-state index in [0.717, 1.165) is 12.3 Å². The van der Waals surface area contributed by atoms with Crippen molar-refractivity contribution < 1.29 is 35.8 Å². The summed E-state index contributed by atoms with van der Waals surface area (Å²) < 4.78 is 87.4. The van der Waals surface area contributed by atoms with E-state index in [4.69, 9.17) is 4.74 Å². The second-order valence-electron chi connectivity index (χ2n) is 6.02. The van der Waals surface area contributed by atoms with Crippen LogP contribution in [0.5, 0.6) is 11.9 Å². The van der Waals surface area contributed by atoms with Crippen LogP contribution >= 0.6 is 0 Å². The van der Waals surface area contributed by atoms with Gasteiger partial charge in [0.1, 0.15) is 0 Å². The quantitative estimate of drug-likeness (QED) is 0.516. The number of aromatic nitrogens is 5. The van der Waals surface area contributed by atoms with Gasteiger partial charge in [-0.3, -0.25) is 9.48 Å². The third-order valence-corrected chi connectivity index (χ3v) is 3.73. The largest absolute Gasteiger partial charge is 0.466 e. The maximum Gasteiger partial charge on any atom is 0.422 e. The number of pyridine rings is 1. The predicted molar refractivity (Wildman–Crippen MR) is 92.8 cm³/mol. The number of nitrogens with zero attached hydrogens (tertiary/aromatic N) is 5. The first-order valence-electron chi connectivity index (χ1n) is 8.44. The number of alkyl halides is 5. The molecule has 0 saturated carbocycles. The highest BCUT2D eigenvalue weighted by molar-refractivity contribution is 5.54. The Balaban J connectivity index is 2.04. The number of ether oxygens (including phenoxy) is 2. The van der Waals surface area contributed by atoms with Crippen LogP contribution < -0.4 is 15.0 Å². The summed E-state index contributed by atoms with van der Waals surface area (Å²) in [6, 6.07) is 2.57. The van der Waals surface area contributed by atoms with E-state index in [1.807, 2.05) is 0 Å². The highest BCUT2D eigenvalue weighted by atomic mass is 19.4. The maximum atomic E-state index is 14.2. The van der Waals surface area contributed by atoms with Gasteiger partial charge in [-0.05, 0) is 6.07 Å². The Bertz CT molecular complexity index is 1130. The molecule has 0 aromatic carbocycles. The third kappa shape index (κ3) is 5.32. The summed E-state index contributed by atoms with van der Waals surface area (Å²) in [5.41, 5.74) is -0.758. The third-order valence-electron chi connectivity index (χ3n) is 3.73. The first kappa shape index (κ1) is 22.1. The van der Waals surface area contributed by atoms with Crippen LogP contribution in [0.25, 0.3) is 17.1 Å². The van der Waals surface area contributed by atoms with Crippen molar-refractivity contribution in [2.45, 2.75) is 12.6 Å². The van der Waals surface area contributed by atoms with E-state index < -0.39 is 49.1 Å². The molecule has 8 nitrogen and oxygen atoms in total. The number of rotatable bonds is 7. The molecule has 166 valence electrons. The van der Waals surface area contributed by atoms with Crippen molar-refractivity contribution in [1.29, 1.82) is 0 Å². The lowest BCUT2D eigenvalue weighted by atomic mass is 10.3. The smallest absolute Gasteiger partial charge is 0.422 e. The molecule has 0 radical (unpaired) electrons. The van der Waals surface area contributed by atoms with E-state index in [0.29, 0.717) is 16.3 Å². The van der Waals surface area contributed by atoms with Gasteiger partial charge in [0.2, 0.25) is 0 Å². The molecular formula is C17H13F6N5O3. The zero-order valence-corrected chi connectivity index (χ0v) is 15.6. The Kier molecular flexibility index (Phi) is 6.17. The van der Waals surface area contributed by atoms with Gasteiger partial charge >= 0.3 is 12.2 Å². The first-order valence-corrected chi connectivity index (χ1v) is 8.44.